The van der Waals surface area contributed by atoms with Gasteiger partial charge in [0.15, 0.2) is 0 Å². The second-order valence-corrected chi connectivity index (χ2v) is 4.88. The molecule has 1 aliphatic rings. The van der Waals surface area contributed by atoms with Crippen LogP contribution in [0, 0.1) is 5.82 Å². The first-order valence-corrected chi connectivity index (χ1v) is 5.77. The average molecular weight is 237 g/mol. The zero-order valence-electron chi connectivity index (χ0n) is 9.79. The third kappa shape index (κ3) is 2.64. The lowest BCUT2D eigenvalue weighted by atomic mass is 9.78. The fourth-order valence-electron chi connectivity index (χ4n) is 2.04. The summed E-state index contributed by atoms with van der Waals surface area (Å²) < 4.78 is 13.5. The van der Waals surface area contributed by atoms with Crippen LogP contribution in [-0.2, 0) is 6.54 Å². The Bertz CT molecular complexity index is 441. The van der Waals surface area contributed by atoms with Crippen molar-refractivity contribution in [1.82, 2.24) is 5.32 Å². The van der Waals surface area contributed by atoms with Crippen molar-refractivity contribution in [2.24, 2.45) is 0 Å². The number of benzene rings is 1. The number of rotatable bonds is 4. The van der Waals surface area contributed by atoms with Gasteiger partial charge in [-0.25, -0.2) is 9.18 Å². The molecular formula is C13H16FNO2. The summed E-state index contributed by atoms with van der Waals surface area (Å²) in [7, 11) is 0. The summed E-state index contributed by atoms with van der Waals surface area (Å²) in [6.07, 6.45) is 3.38. The standard InChI is InChI=1S/C13H16FNO2/c1-13(5-2-6-13)15-8-10-7-9(12(16)17)3-4-11(10)14/h3-4,7,15H,2,5-6,8H2,1H3,(H,16,17). The Kier molecular flexibility index (Phi) is 3.15. The number of hydrogen-bond donors (Lipinski definition) is 2. The molecule has 0 bridgehead atoms. The van der Waals surface area contributed by atoms with E-state index in [1.165, 1.54) is 24.6 Å². The van der Waals surface area contributed by atoms with Gasteiger partial charge in [0.05, 0.1) is 5.56 Å². The highest BCUT2D eigenvalue weighted by atomic mass is 19.1. The van der Waals surface area contributed by atoms with Crippen molar-refractivity contribution in [3.8, 4) is 0 Å². The maximum absolute atomic E-state index is 13.5. The van der Waals surface area contributed by atoms with Crippen LogP contribution in [0.4, 0.5) is 4.39 Å². The summed E-state index contributed by atoms with van der Waals surface area (Å²) in [4.78, 5) is 10.8. The molecule has 2 rings (SSSR count). The first-order valence-electron chi connectivity index (χ1n) is 5.77. The summed E-state index contributed by atoms with van der Waals surface area (Å²) >= 11 is 0. The smallest absolute Gasteiger partial charge is 0.335 e. The molecule has 0 radical (unpaired) electrons. The van der Waals surface area contributed by atoms with E-state index >= 15 is 0 Å². The highest BCUT2D eigenvalue weighted by Crippen LogP contribution is 2.31. The van der Waals surface area contributed by atoms with E-state index in [0.717, 1.165) is 12.8 Å². The van der Waals surface area contributed by atoms with Crippen LogP contribution >= 0.6 is 0 Å². The Morgan fingerprint density at radius 1 is 1.53 bits per heavy atom. The van der Waals surface area contributed by atoms with Crippen LogP contribution < -0.4 is 5.32 Å². The number of carboxylic acids is 1. The molecule has 0 unspecified atom stereocenters. The van der Waals surface area contributed by atoms with Crippen LogP contribution in [-0.4, -0.2) is 16.6 Å². The topological polar surface area (TPSA) is 49.3 Å². The number of halogens is 1. The first-order chi connectivity index (χ1) is 8.00. The van der Waals surface area contributed by atoms with E-state index in [2.05, 4.69) is 12.2 Å². The van der Waals surface area contributed by atoms with Crippen molar-refractivity contribution < 1.29 is 14.3 Å². The fourth-order valence-corrected chi connectivity index (χ4v) is 2.04. The van der Waals surface area contributed by atoms with E-state index < -0.39 is 5.97 Å². The maximum Gasteiger partial charge on any atom is 0.335 e. The van der Waals surface area contributed by atoms with Crippen molar-refractivity contribution >= 4 is 5.97 Å². The largest absolute Gasteiger partial charge is 0.478 e. The molecule has 0 heterocycles. The van der Waals surface area contributed by atoms with E-state index in [1.807, 2.05) is 0 Å². The van der Waals surface area contributed by atoms with Crippen molar-refractivity contribution in [2.75, 3.05) is 0 Å². The summed E-state index contributed by atoms with van der Waals surface area (Å²) in [5.41, 5.74) is 0.631. The fraction of sp³-hybridized carbons (Fsp3) is 0.462. The van der Waals surface area contributed by atoms with Gasteiger partial charge in [-0.2, -0.15) is 0 Å². The van der Waals surface area contributed by atoms with Gasteiger partial charge in [-0.3, -0.25) is 0 Å². The van der Waals surface area contributed by atoms with Crippen LogP contribution in [0.3, 0.4) is 0 Å². The van der Waals surface area contributed by atoms with Crippen LogP contribution in [0.5, 0.6) is 0 Å². The minimum atomic E-state index is -1.03. The number of nitrogens with one attached hydrogen (secondary N) is 1. The van der Waals surface area contributed by atoms with Crippen molar-refractivity contribution in [1.29, 1.82) is 0 Å². The van der Waals surface area contributed by atoms with Crippen LogP contribution in [0.2, 0.25) is 0 Å². The molecule has 3 nitrogen and oxygen atoms in total. The molecule has 2 N–H and O–H groups in total. The minimum absolute atomic E-state index is 0.0890. The summed E-state index contributed by atoms with van der Waals surface area (Å²) in [5, 5.41) is 12.1. The quantitative estimate of drug-likeness (QED) is 0.846. The zero-order valence-corrected chi connectivity index (χ0v) is 9.79. The van der Waals surface area contributed by atoms with Crippen LogP contribution in [0.25, 0.3) is 0 Å². The molecule has 1 aromatic carbocycles. The number of aromatic carboxylic acids is 1. The predicted octanol–water partition coefficient (Wildman–Crippen LogP) is 2.56. The molecule has 0 amide bonds. The van der Waals surface area contributed by atoms with Gasteiger partial charge in [0.2, 0.25) is 0 Å². The summed E-state index contributed by atoms with van der Waals surface area (Å²) in [5.74, 6) is -1.38. The number of carbonyl (C=O) groups is 1. The number of hydrogen-bond acceptors (Lipinski definition) is 2. The Labute approximate surface area is 99.7 Å². The van der Waals surface area contributed by atoms with Crippen LogP contribution in [0.1, 0.15) is 42.1 Å². The molecule has 1 aromatic rings. The van der Waals surface area contributed by atoms with E-state index in [1.54, 1.807) is 0 Å². The summed E-state index contributed by atoms with van der Waals surface area (Å²) in [6.45, 7) is 2.49. The van der Waals surface area contributed by atoms with E-state index in [4.69, 9.17) is 5.11 Å². The number of carboxylic acid groups (broad SMARTS) is 1. The van der Waals surface area contributed by atoms with Gasteiger partial charge in [0.25, 0.3) is 0 Å². The third-order valence-corrected chi connectivity index (χ3v) is 3.46. The SMILES string of the molecule is CC1(NCc2cc(C(=O)O)ccc2F)CCC1. The molecule has 1 aliphatic carbocycles. The highest BCUT2D eigenvalue weighted by molar-refractivity contribution is 5.87. The normalized spacial score (nSPS) is 17.5. The second-order valence-electron chi connectivity index (χ2n) is 4.88. The lowest BCUT2D eigenvalue weighted by Crippen LogP contribution is -2.47. The molecular weight excluding hydrogens is 221 g/mol. The molecule has 17 heavy (non-hydrogen) atoms. The third-order valence-electron chi connectivity index (χ3n) is 3.46. The molecule has 1 fully saturated rings. The monoisotopic (exact) mass is 237 g/mol. The molecule has 0 atom stereocenters. The molecule has 0 aromatic heterocycles. The van der Waals surface area contributed by atoms with E-state index in [-0.39, 0.29) is 16.9 Å². The molecule has 0 saturated heterocycles. The first kappa shape index (κ1) is 12.0. The maximum atomic E-state index is 13.5. The molecule has 0 aliphatic heterocycles. The van der Waals surface area contributed by atoms with Gasteiger partial charge in [-0.15, -0.1) is 0 Å². The van der Waals surface area contributed by atoms with E-state index in [9.17, 15) is 9.18 Å². The van der Waals surface area contributed by atoms with Gasteiger partial charge in [-0.1, -0.05) is 0 Å². The average Bonchev–Trinajstić information content (AvgIpc) is 2.25. The van der Waals surface area contributed by atoms with Gasteiger partial charge >= 0.3 is 5.97 Å². The Balaban J connectivity index is 2.08. The van der Waals surface area contributed by atoms with Crippen molar-refractivity contribution in [2.45, 2.75) is 38.3 Å². The Morgan fingerprint density at radius 2 is 2.24 bits per heavy atom. The van der Waals surface area contributed by atoms with Gasteiger partial charge < -0.3 is 10.4 Å². The molecule has 1 saturated carbocycles. The lowest BCUT2D eigenvalue weighted by Gasteiger charge is -2.39. The van der Waals surface area contributed by atoms with Crippen molar-refractivity contribution in [3.63, 3.8) is 0 Å². The summed E-state index contributed by atoms with van der Waals surface area (Å²) in [6, 6.07) is 3.89. The predicted molar refractivity (Wildman–Crippen MR) is 62.5 cm³/mol. The second kappa shape index (κ2) is 4.45. The van der Waals surface area contributed by atoms with Crippen molar-refractivity contribution in [3.05, 3.63) is 35.1 Å². The Hall–Kier alpha value is -1.42. The molecule has 92 valence electrons. The molecule has 4 heteroatoms. The minimum Gasteiger partial charge on any atom is -0.478 e. The van der Waals surface area contributed by atoms with Gasteiger partial charge in [-0.05, 0) is 44.4 Å². The highest BCUT2D eigenvalue weighted by Gasteiger charge is 2.30. The lowest BCUT2D eigenvalue weighted by molar-refractivity contribution is 0.0696. The Morgan fingerprint density at radius 3 is 2.76 bits per heavy atom. The van der Waals surface area contributed by atoms with Crippen LogP contribution in [0.15, 0.2) is 18.2 Å². The zero-order chi connectivity index (χ0) is 12.5. The van der Waals surface area contributed by atoms with Gasteiger partial charge in [0.1, 0.15) is 5.82 Å². The van der Waals surface area contributed by atoms with Gasteiger partial charge in [0, 0.05) is 17.6 Å². The van der Waals surface area contributed by atoms with E-state index in [0.29, 0.717) is 12.1 Å². The molecule has 0 spiro atoms.